The van der Waals surface area contributed by atoms with Crippen LogP contribution in [0, 0.1) is 0 Å². The van der Waals surface area contributed by atoms with Gasteiger partial charge in [0.05, 0.1) is 6.33 Å². The van der Waals surface area contributed by atoms with Crippen molar-refractivity contribution in [1.82, 2.24) is 14.9 Å². The van der Waals surface area contributed by atoms with E-state index in [4.69, 9.17) is 0 Å². The molecular formula is C14H15N3O3. The van der Waals surface area contributed by atoms with Crippen molar-refractivity contribution in [1.29, 1.82) is 0 Å². The fourth-order valence-electron chi connectivity index (χ4n) is 1.82. The normalized spacial score (nSPS) is 11.8. The van der Waals surface area contributed by atoms with Gasteiger partial charge in [-0.05, 0) is 5.56 Å². The van der Waals surface area contributed by atoms with Gasteiger partial charge in [0.15, 0.2) is 6.04 Å². The van der Waals surface area contributed by atoms with Gasteiger partial charge in [-0.15, -0.1) is 0 Å². The molecule has 0 aliphatic heterocycles. The number of aryl methyl sites for hydroxylation is 1. The predicted octanol–water partition coefficient (Wildman–Crippen LogP) is 1.22. The molecule has 0 bridgehead atoms. The number of nitrogens with zero attached hydrogens (tertiary/aromatic N) is 2. The fraction of sp³-hybridized carbons (Fsp3) is 0.214. The number of nitrogens with one attached hydrogen (secondary N) is 1. The molecule has 0 saturated heterocycles. The first-order valence-electron chi connectivity index (χ1n) is 6.19. The number of benzene rings is 1. The number of carboxylic acid groups (broad SMARTS) is 1. The van der Waals surface area contributed by atoms with E-state index in [0.29, 0.717) is 12.1 Å². The first-order valence-corrected chi connectivity index (χ1v) is 6.19. The van der Waals surface area contributed by atoms with Gasteiger partial charge in [0.2, 0.25) is 5.91 Å². The summed E-state index contributed by atoms with van der Waals surface area (Å²) < 4.78 is 1.76. The molecule has 1 heterocycles. The highest BCUT2D eigenvalue weighted by molar-refractivity contribution is 5.84. The number of rotatable bonds is 6. The van der Waals surface area contributed by atoms with Crippen LogP contribution in [0.3, 0.4) is 0 Å². The van der Waals surface area contributed by atoms with Gasteiger partial charge in [-0.1, -0.05) is 30.3 Å². The molecule has 20 heavy (non-hydrogen) atoms. The van der Waals surface area contributed by atoms with Crippen molar-refractivity contribution in [2.45, 2.75) is 19.0 Å². The second kappa shape index (κ2) is 6.51. The van der Waals surface area contributed by atoms with Crippen molar-refractivity contribution in [2.24, 2.45) is 0 Å². The van der Waals surface area contributed by atoms with Crippen LogP contribution in [0.15, 0.2) is 49.1 Å². The molecule has 2 rings (SSSR count). The minimum Gasteiger partial charge on any atom is -0.479 e. The van der Waals surface area contributed by atoms with Crippen LogP contribution in [-0.2, 0) is 16.1 Å². The van der Waals surface area contributed by atoms with E-state index in [-0.39, 0.29) is 12.3 Å². The molecule has 104 valence electrons. The summed E-state index contributed by atoms with van der Waals surface area (Å²) in [6, 6.07) is 7.60. The van der Waals surface area contributed by atoms with E-state index in [2.05, 4.69) is 10.3 Å². The van der Waals surface area contributed by atoms with E-state index in [1.165, 1.54) is 0 Å². The molecule has 1 atom stereocenters. The summed E-state index contributed by atoms with van der Waals surface area (Å²) >= 11 is 0. The molecule has 0 fully saturated rings. The Hall–Kier alpha value is -2.63. The van der Waals surface area contributed by atoms with E-state index in [1.54, 1.807) is 53.6 Å². The molecule has 1 aromatic heterocycles. The molecule has 0 saturated carbocycles. The molecule has 0 aliphatic rings. The average molecular weight is 273 g/mol. The van der Waals surface area contributed by atoms with Gasteiger partial charge in [0.1, 0.15) is 0 Å². The standard InChI is InChI=1S/C14H15N3O3/c18-12(6-8-17-9-7-15-10-17)16-13(14(19)20)11-4-2-1-3-5-11/h1-5,7,9-10,13H,6,8H2,(H,16,18)(H,19,20)/t13-/m1/s1. The highest BCUT2D eigenvalue weighted by atomic mass is 16.4. The van der Waals surface area contributed by atoms with E-state index in [1.807, 2.05) is 0 Å². The van der Waals surface area contributed by atoms with Gasteiger partial charge in [0, 0.05) is 25.4 Å². The smallest absolute Gasteiger partial charge is 0.330 e. The Balaban J connectivity index is 1.95. The first kappa shape index (κ1) is 13.8. The van der Waals surface area contributed by atoms with Crippen molar-refractivity contribution in [3.63, 3.8) is 0 Å². The Kier molecular flexibility index (Phi) is 4.49. The maximum absolute atomic E-state index is 11.8. The topological polar surface area (TPSA) is 84.2 Å². The van der Waals surface area contributed by atoms with Gasteiger partial charge in [-0.3, -0.25) is 4.79 Å². The van der Waals surface area contributed by atoms with Crippen LogP contribution in [0.2, 0.25) is 0 Å². The summed E-state index contributed by atoms with van der Waals surface area (Å²) in [5.41, 5.74) is 0.552. The maximum Gasteiger partial charge on any atom is 0.330 e. The van der Waals surface area contributed by atoms with Gasteiger partial charge in [-0.2, -0.15) is 0 Å². The average Bonchev–Trinajstić information content (AvgIpc) is 2.96. The number of carboxylic acids is 1. The summed E-state index contributed by atoms with van der Waals surface area (Å²) in [7, 11) is 0. The maximum atomic E-state index is 11.8. The lowest BCUT2D eigenvalue weighted by Gasteiger charge is -2.14. The number of hydrogen-bond donors (Lipinski definition) is 2. The molecule has 0 spiro atoms. The Morgan fingerprint density at radius 2 is 2.05 bits per heavy atom. The molecule has 0 radical (unpaired) electrons. The molecule has 6 nitrogen and oxygen atoms in total. The zero-order valence-electron chi connectivity index (χ0n) is 10.8. The van der Waals surface area contributed by atoms with Crippen LogP contribution in [0.4, 0.5) is 0 Å². The summed E-state index contributed by atoms with van der Waals surface area (Å²) in [4.78, 5) is 26.9. The van der Waals surface area contributed by atoms with Gasteiger partial charge < -0.3 is 15.0 Å². The number of aliphatic carboxylic acids is 1. The fourth-order valence-corrected chi connectivity index (χ4v) is 1.82. The minimum absolute atomic E-state index is 0.201. The summed E-state index contributed by atoms with van der Waals surface area (Å²) in [6.07, 6.45) is 5.19. The largest absolute Gasteiger partial charge is 0.479 e. The summed E-state index contributed by atoms with van der Waals surface area (Å²) in [5.74, 6) is -1.39. The zero-order valence-corrected chi connectivity index (χ0v) is 10.8. The van der Waals surface area contributed by atoms with E-state index in [0.717, 1.165) is 0 Å². The van der Waals surface area contributed by atoms with Crippen LogP contribution in [0.1, 0.15) is 18.0 Å². The number of carbonyl (C=O) groups excluding carboxylic acids is 1. The lowest BCUT2D eigenvalue weighted by Crippen LogP contribution is -2.34. The summed E-state index contributed by atoms with van der Waals surface area (Å²) in [6.45, 7) is 0.465. The van der Waals surface area contributed by atoms with Crippen LogP contribution in [-0.4, -0.2) is 26.5 Å². The first-order chi connectivity index (χ1) is 9.66. The van der Waals surface area contributed by atoms with E-state index < -0.39 is 12.0 Å². The number of hydrogen-bond acceptors (Lipinski definition) is 3. The van der Waals surface area contributed by atoms with Crippen LogP contribution in [0.25, 0.3) is 0 Å². The lowest BCUT2D eigenvalue weighted by atomic mass is 10.1. The minimum atomic E-state index is -1.08. The van der Waals surface area contributed by atoms with Crippen LogP contribution < -0.4 is 5.32 Å². The highest BCUT2D eigenvalue weighted by Gasteiger charge is 2.21. The Morgan fingerprint density at radius 1 is 1.30 bits per heavy atom. The number of imidazole rings is 1. The predicted molar refractivity (Wildman–Crippen MR) is 71.8 cm³/mol. The third-order valence-corrected chi connectivity index (χ3v) is 2.84. The van der Waals surface area contributed by atoms with Gasteiger partial charge in [0.25, 0.3) is 0 Å². The quantitative estimate of drug-likeness (QED) is 0.828. The highest BCUT2D eigenvalue weighted by Crippen LogP contribution is 2.12. The van der Waals surface area contributed by atoms with E-state index in [9.17, 15) is 14.7 Å². The van der Waals surface area contributed by atoms with Crippen molar-refractivity contribution < 1.29 is 14.7 Å². The van der Waals surface area contributed by atoms with Crippen molar-refractivity contribution in [2.75, 3.05) is 0 Å². The second-order valence-electron chi connectivity index (χ2n) is 4.30. The monoisotopic (exact) mass is 273 g/mol. The molecule has 2 N–H and O–H groups in total. The second-order valence-corrected chi connectivity index (χ2v) is 4.30. The molecule has 2 aromatic rings. The Morgan fingerprint density at radius 3 is 2.65 bits per heavy atom. The Labute approximate surface area is 116 Å². The molecule has 6 heteroatoms. The number of aromatic nitrogens is 2. The molecule has 0 aliphatic carbocycles. The molecular weight excluding hydrogens is 258 g/mol. The van der Waals surface area contributed by atoms with Crippen molar-refractivity contribution >= 4 is 11.9 Å². The van der Waals surface area contributed by atoms with Crippen LogP contribution >= 0.6 is 0 Å². The molecule has 0 unspecified atom stereocenters. The number of carbonyl (C=O) groups is 2. The van der Waals surface area contributed by atoms with Crippen LogP contribution in [0.5, 0.6) is 0 Å². The third kappa shape index (κ3) is 3.68. The van der Waals surface area contributed by atoms with Crippen molar-refractivity contribution in [3.8, 4) is 0 Å². The molecule has 1 aromatic carbocycles. The number of amides is 1. The van der Waals surface area contributed by atoms with Gasteiger partial charge >= 0.3 is 5.97 Å². The lowest BCUT2D eigenvalue weighted by molar-refractivity contribution is -0.142. The van der Waals surface area contributed by atoms with Crippen molar-refractivity contribution in [3.05, 3.63) is 54.6 Å². The Bertz CT molecular complexity index is 567. The zero-order chi connectivity index (χ0) is 14.4. The summed E-state index contributed by atoms with van der Waals surface area (Å²) in [5, 5.41) is 11.7. The third-order valence-electron chi connectivity index (χ3n) is 2.84. The molecule has 1 amide bonds. The SMILES string of the molecule is O=C(CCn1ccnc1)N[C@@H](C(=O)O)c1ccccc1. The van der Waals surface area contributed by atoms with E-state index >= 15 is 0 Å². The van der Waals surface area contributed by atoms with Gasteiger partial charge in [-0.25, -0.2) is 9.78 Å².